The molecule has 1 fully saturated rings. The second-order valence-corrected chi connectivity index (χ2v) is 7.20. The van der Waals surface area contributed by atoms with Crippen molar-refractivity contribution in [2.24, 2.45) is 0 Å². The van der Waals surface area contributed by atoms with Crippen molar-refractivity contribution in [1.29, 1.82) is 0 Å². The first-order chi connectivity index (χ1) is 13.3. The molecule has 4 heteroatoms. The summed E-state index contributed by atoms with van der Waals surface area (Å²) in [5.74, 6) is 0.927. The number of hydrogen-bond acceptors (Lipinski definition) is 3. The van der Waals surface area contributed by atoms with Gasteiger partial charge in [-0.15, -0.1) is 0 Å². The van der Waals surface area contributed by atoms with Gasteiger partial charge in [0.25, 0.3) is 0 Å². The Balaban J connectivity index is 1.35. The molecule has 1 saturated heterocycles. The number of nitrogens with one attached hydrogen (secondary N) is 1. The zero-order valence-corrected chi connectivity index (χ0v) is 16.0. The van der Waals surface area contributed by atoms with Crippen molar-refractivity contribution in [3.63, 3.8) is 0 Å². The smallest absolute Gasteiger partial charge is 0.220 e. The summed E-state index contributed by atoms with van der Waals surface area (Å²) in [6.07, 6.45) is 5.18. The van der Waals surface area contributed by atoms with Gasteiger partial charge in [-0.25, -0.2) is 0 Å². The lowest BCUT2D eigenvalue weighted by molar-refractivity contribution is -0.121. The van der Waals surface area contributed by atoms with E-state index < -0.39 is 0 Å². The van der Waals surface area contributed by atoms with Gasteiger partial charge in [0.15, 0.2) is 0 Å². The molecule has 27 heavy (non-hydrogen) atoms. The van der Waals surface area contributed by atoms with Gasteiger partial charge >= 0.3 is 0 Å². The van der Waals surface area contributed by atoms with Crippen LogP contribution in [0.3, 0.4) is 0 Å². The van der Waals surface area contributed by atoms with E-state index in [-0.39, 0.29) is 5.91 Å². The first-order valence-electron chi connectivity index (χ1n) is 10.0. The van der Waals surface area contributed by atoms with Crippen LogP contribution in [0.1, 0.15) is 43.2 Å². The van der Waals surface area contributed by atoms with Crippen LogP contribution in [0.4, 0.5) is 0 Å². The molecular weight excluding hydrogens is 336 g/mol. The van der Waals surface area contributed by atoms with Gasteiger partial charge in [0.05, 0.1) is 6.61 Å². The third-order valence-corrected chi connectivity index (χ3v) is 4.90. The van der Waals surface area contributed by atoms with Crippen LogP contribution in [-0.2, 0) is 17.9 Å². The third kappa shape index (κ3) is 7.06. The molecule has 2 aromatic carbocycles. The summed E-state index contributed by atoms with van der Waals surface area (Å²) in [7, 11) is 0. The number of rotatable bonds is 9. The molecule has 0 bridgehead atoms. The van der Waals surface area contributed by atoms with Gasteiger partial charge in [-0.3, -0.25) is 9.69 Å². The number of carbonyl (C=O) groups excluding carboxylic acids is 1. The largest absolute Gasteiger partial charge is 0.494 e. The molecule has 4 nitrogen and oxygen atoms in total. The molecule has 144 valence electrons. The number of benzene rings is 2. The van der Waals surface area contributed by atoms with Crippen molar-refractivity contribution in [2.75, 3.05) is 19.7 Å². The summed E-state index contributed by atoms with van der Waals surface area (Å²) in [6.45, 7) is 4.56. The maximum Gasteiger partial charge on any atom is 0.220 e. The lowest BCUT2D eigenvalue weighted by Crippen LogP contribution is -2.29. The van der Waals surface area contributed by atoms with E-state index in [1.807, 2.05) is 30.3 Å². The number of nitrogens with zero attached hydrogens (tertiary/aromatic N) is 1. The Bertz CT molecular complexity index is 697. The van der Waals surface area contributed by atoms with Crippen LogP contribution in [0.15, 0.2) is 54.6 Å². The van der Waals surface area contributed by atoms with E-state index in [9.17, 15) is 4.79 Å². The zero-order chi connectivity index (χ0) is 18.7. The molecule has 1 aliphatic rings. The van der Waals surface area contributed by atoms with E-state index in [0.717, 1.165) is 18.7 Å². The average Bonchev–Trinajstić information content (AvgIpc) is 2.71. The van der Waals surface area contributed by atoms with Crippen molar-refractivity contribution in [2.45, 2.75) is 45.2 Å². The number of hydrogen-bond donors (Lipinski definition) is 1. The van der Waals surface area contributed by atoms with Gasteiger partial charge in [-0.05, 0) is 55.6 Å². The minimum atomic E-state index is 0.0769. The summed E-state index contributed by atoms with van der Waals surface area (Å²) in [4.78, 5) is 14.6. The topological polar surface area (TPSA) is 41.6 Å². The Hall–Kier alpha value is -2.33. The van der Waals surface area contributed by atoms with E-state index in [0.29, 0.717) is 19.6 Å². The molecule has 1 heterocycles. The summed E-state index contributed by atoms with van der Waals surface area (Å²) < 4.78 is 5.62. The zero-order valence-electron chi connectivity index (χ0n) is 16.0. The predicted octanol–water partition coefficient (Wildman–Crippen LogP) is 4.15. The molecule has 2 aromatic rings. The summed E-state index contributed by atoms with van der Waals surface area (Å²) in [6, 6.07) is 18.3. The van der Waals surface area contributed by atoms with Gasteiger partial charge in [0.1, 0.15) is 5.75 Å². The molecule has 0 aliphatic carbocycles. The molecule has 0 aromatic heterocycles. The highest BCUT2D eigenvalue weighted by Gasteiger charge is 2.10. The molecule has 0 atom stereocenters. The number of para-hydroxylation sites is 1. The lowest BCUT2D eigenvalue weighted by Gasteiger charge is -2.26. The normalized spacial score (nSPS) is 14.7. The SMILES string of the molecule is O=C(CCCOc1ccccc1)NCc1cccc(CN2CCCCC2)c1. The quantitative estimate of drug-likeness (QED) is 0.678. The monoisotopic (exact) mass is 366 g/mol. The highest BCUT2D eigenvalue weighted by Crippen LogP contribution is 2.14. The Kier molecular flexibility index (Phi) is 7.72. The number of ether oxygens (including phenoxy) is 1. The lowest BCUT2D eigenvalue weighted by atomic mass is 10.1. The molecule has 1 N–H and O–H groups in total. The second-order valence-electron chi connectivity index (χ2n) is 7.20. The molecular formula is C23H30N2O2. The Labute approximate surface area is 162 Å². The van der Waals surface area contributed by atoms with E-state index in [4.69, 9.17) is 4.74 Å². The van der Waals surface area contributed by atoms with Crippen LogP contribution in [0.5, 0.6) is 5.75 Å². The maximum atomic E-state index is 12.1. The summed E-state index contributed by atoms with van der Waals surface area (Å²) >= 11 is 0. The molecule has 1 aliphatic heterocycles. The van der Waals surface area contributed by atoms with Crippen LogP contribution in [0.25, 0.3) is 0 Å². The number of likely N-dealkylation sites (tertiary alicyclic amines) is 1. The average molecular weight is 367 g/mol. The first kappa shape index (κ1) is 19.4. The molecule has 0 spiro atoms. The molecule has 3 rings (SSSR count). The Morgan fingerprint density at radius 3 is 2.56 bits per heavy atom. The van der Waals surface area contributed by atoms with Crippen LogP contribution in [0.2, 0.25) is 0 Å². The van der Waals surface area contributed by atoms with E-state index in [1.165, 1.54) is 43.5 Å². The maximum absolute atomic E-state index is 12.1. The van der Waals surface area contributed by atoms with E-state index in [2.05, 4.69) is 34.5 Å². The van der Waals surface area contributed by atoms with Crippen molar-refractivity contribution in [3.8, 4) is 5.75 Å². The van der Waals surface area contributed by atoms with Crippen LogP contribution < -0.4 is 10.1 Å². The van der Waals surface area contributed by atoms with Crippen LogP contribution >= 0.6 is 0 Å². The number of piperidine rings is 1. The van der Waals surface area contributed by atoms with E-state index in [1.54, 1.807) is 0 Å². The fraction of sp³-hybridized carbons (Fsp3) is 0.435. The predicted molar refractivity (Wildman–Crippen MR) is 109 cm³/mol. The number of amides is 1. The minimum absolute atomic E-state index is 0.0769. The van der Waals surface area contributed by atoms with Gasteiger partial charge < -0.3 is 10.1 Å². The highest BCUT2D eigenvalue weighted by atomic mass is 16.5. The highest BCUT2D eigenvalue weighted by molar-refractivity contribution is 5.75. The van der Waals surface area contributed by atoms with Gasteiger partial charge in [0.2, 0.25) is 5.91 Å². The fourth-order valence-electron chi connectivity index (χ4n) is 3.44. The Morgan fingerprint density at radius 1 is 0.963 bits per heavy atom. The Morgan fingerprint density at radius 2 is 1.74 bits per heavy atom. The molecule has 1 amide bonds. The van der Waals surface area contributed by atoms with Crippen molar-refractivity contribution in [3.05, 3.63) is 65.7 Å². The summed E-state index contributed by atoms with van der Waals surface area (Å²) in [5.41, 5.74) is 2.50. The van der Waals surface area contributed by atoms with Crippen molar-refractivity contribution < 1.29 is 9.53 Å². The molecule has 0 saturated carbocycles. The van der Waals surface area contributed by atoms with Crippen molar-refractivity contribution >= 4 is 5.91 Å². The van der Waals surface area contributed by atoms with Gasteiger partial charge in [0, 0.05) is 19.5 Å². The molecule has 0 radical (unpaired) electrons. The third-order valence-electron chi connectivity index (χ3n) is 4.90. The minimum Gasteiger partial charge on any atom is -0.494 e. The number of carbonyl (C=O) groups is 1. The van der Waals surface area contributed by atoms with Gasteiger partial charge in [-0.1, -0.05) is 48.9 Å². The van der Waals surface area contributed by atoms with Crippen molar-refractivity contribution in [1.82, 2.24) is 10.2 Å². The standard InChI is InChI=1S/C23H30N2O2/c26-23(13-8-16-27-22-11-3-1-4-12-22)24-18-20-9-7-10-21(17-20)19-25-14-5-2-6-15-25/h1,3-4,7,9-12,17H,2,5-6,8,13-16,18-19H2,(H,24,26). The summed E-state index contributed by atoms with van der Waals surface area (Å²) in [5, 5.41) is 3.02. The first-order valence-corrected chi connectivity index (χ1v) is 10.0. The van der Waals surface area contributed by atoms with E-state index >= 15 is 0 Å². The van der Waals surface area contributed by atoms with Crippen LogP contribution in [-0.4, -0.2) is 30.5 Å². The van der Waals surface area contributed by atoms with Gasteiger partial charge in [-0.2, -0.15) is 0 Å². The second kappa shape index (κ2) is 10.7. The van der Waals surface area contributed by atoms with Crippen LogP contribution in [0, 0.1) is 0 Å². The molecule has 0 unspecified atom stereocenters. The fourth-order valence-corrected chi connectivity index (χ4v) is 3.44.